The highest BCUT2D eigenvalue weighted by atomic mass is 16.1. The quantitative estimate of drug-likeness (QED) is 0.648. The molecule has 16 heavy (non-hydrogen) atoms. The molecule has 2 unspecified atom stereocenters. The molecule has 94 valence electrons. The van der Waals surface area contributed by atoms with Gasteiger partial charge in [0.05, 0.1) is 0 Å². The molecular formula is C12H25N3O. The molecule has 1 rings (SSSR count). The number of rotatable bonds is 5. The zero-order valence-electron chi connectivity index (χ0n) is 10.5. The Balaban J connectivity index is 2.35. The average Bonchev–Trinajstić information content (AvgIpc) is 2.72. The van der Waals surface area contributed by atoms with Crippen LogP contribution in [0.4, 0.5) is 0 Å². The van der Waals surface area contributed by atoms with Gasteiger partial charge in [0.25, 0.3) is 0 Å². The van der Waals surface area contributed by atoms with Crippen LogP contribution >= 0.6 is 0 Å². The summed E-state index contributed by atoms with van der Waals surface area (Å²) in [5, 5.41) is 2.97. The predicted octanol–water partition coefficient (Wildman–Crippen LogP) is 0.748. The Labute approximate surface area is 98.1 Å². The van der Waals surface area contributed by atoms with Gasteiger partial charge >= 0.3 is 0 Å². The third-order valence-electron chi connectivity index (χ3n) is 3.87. The highest BCUT2D eigenvalue weighted by Gasteiger charge is 2.29. The number of carbonyl (C=O) groups excluding carboxylic acids is 1. The van der Waals surface area contributed by atoms with Crippen molar-refractivity contribution < 1.29 is 4.79 Å². The van der Waals surface area contributed by atoms with Crippen LogP contribution < -0.4 is 16.8 Å². The van der Waals surface area contributed by atoms with Crippen LogP contribution in [0.3, 0.4) is 0 Å². The van der Waals surface area contributed by atoms with Crippen LogP contribution in [0.25, 0.3) is 0 Å². The van der Waals surface area contributed by atoms with E-state index >= 15 is 0 Å². The molecule has 0 aromatic carbocycles. The molecule has 0 aromatic heterocycles. The molecule has 0 bridgehead atoms. The summed E-state index contributed by atoms with van der Waals surface area (Å²) in [6.45, 7) is 4.69. The minimum Gasteiger partial charge on any atom is -0.354 e. The van der Waals surface area contributed by atoms with Crippen LogP contribution in [0.2, 0.25) is 0 Å². The monoisotopic (exact) mass is 227 g/mol. The van der Waals surface area contributed by atoms with Gasteiger partial charge in [-0.15, -0.1) is 0 Å². The largest absolute Gasteiger partial charge is 0.354 e. The molecule has 1 aliphatic rings. The summed E-state index contributed by atoms with van der Waals surface area (Å²) in [6.07, 6.45) is 4.47. The molecule has 0 saturated heterocycles. The minimum atomic E-state index is -0.254. The van der Waals surface area contributed by atoms with Gasteiger partial charge in [-0.25, -0.2) is 0 Å². The zero-order valence-corrected chi connectivity index (χ0v) is 10.5. The fourth-order valence-corrected chi connectivity index (χ4v) is 2.16. The van der Waals surface area contributed by atoms with Gasteiger partial charge in [0, 0.05) is 24.0 Å². The molecule has 1 amide bonds. The van der Waals surface area contributed by atoms with E-state index in [9.17, 15) is 4.79 Å². The van der Waals surface area contributed by atoms with E-state index in [2.05, 4.69) is 19.2 Å². The van der Waals surface area contributed by atoms with E-state index in [4.69, 9.17) is 11.5 Å². The number of hydrogen-bond acceptors (Lipinski definition) is 3. The first-order valence-corrected chi connectivity index (χ1v) is 6.33. The highest BCUT2D eigenvalue weighted by molar-refractivity contribution is 5.79. The van der Waals surface area contributed by atoms with Crippen LogP contribution in [0.5, 0.6) is 0 Å². The minimum absolute atomic E-state index is 0.105. The van der Waals surface area contributed by atoms with Crippen molar-refractivity contribution in [2.24, 2.45) is 17.4 Å². The van der Waals surface area contributed by atoms with Crippen molar-refractivity contribution in [2.45, 2.75) is 57.5 Å². The third kappa shape index (κ3) is 3.46. The maximum absolute atomic E-state index is 11.8. The lowest BCUT2D eigenvalue weighted by Gasteiger charge is -2.27. The lowest BCUT2D eigenvalue weighted by molar-refractivity contribution is -0.125. The van der Waals surface area contributed by atoms with Crippen LogP contribution in [0, 0.1) is 5.92 Å². The Morgan fingerprint density at radius 1 is 1.38 bits per heavy atom. The number of nitrogens with one attached hydrogen (secondary N) is 1. The molecule has 0 radical (unpaired) electrons. The fraction of sp³-hybridized carbons (Fsp3) is 0.917. The summed E-state index contributed by atoms with van der Waals surface area (Å²) in [4.78, 5) is 11.8. The number of hydrogen-bond donors (Lipinski definition) is 3. The molecule has 1 fully saturated rings. The smallest absolute Gasteiger partial charge is 0.223 e. The second-order valence-electron chi connectivity index (χ2n) is 5.06. The summed E-state index contributed by atoms with van der Waals surface area (Å²) in [5.41, 5.74) is 11.7. The maximum atomic E-state index is 11.8. The molecule has 0 aromatic rings. The van der Waals surface area contributed by atoms with Crippen molar-refractivity contribution in [1.29, 1.82) is 0 Å². The average molecular weight is 227 g/mol. The molecule has 1 aliphatic carbocycles. The molecule has 4 nitrogen and oxygen atoms in total. The second kappa shape index (κ2) is 5.64. The number of carbonyl (C=O) groups is 1. The van der Waals surface area contributed by atoms with E-state index in [1.54, 1.807) is 0 Å². The van der Waals surface area contributed by atoms with Crippen LogP contribution in [-0.2, 0) is 4.79 Å². The Morgan fingerprint density at radius 3 is 2.44 bits per heavy atom. The number of nitrogens with two attached hydrogens (primary N) is 2. The first-order chi connectivity index (χ1) is 7.50. The fourth-order valence-electron chi connectivity index (χ4n) is 2.16. The van der Waals surface area contributed by atoms with Crippen molar-refractivity contribution in [3.8, 4) is 0 Å². The van der Waals surface area contributed by atoms with Gasteiger partial charge in [0.15, 0.2) is 0 Å². The van der Waals surface area contributed by atoms with Gasteiger partial charge in [-0.1, -0.05) is 13.8 Å². The predicted molar refractivity (Wildman–Crippen MR) is 65.8 cm³/mol. The first-order valence-electron chi connectivity index (χ1n) is 6.33. The van der Waals surface area contributed by atoms with Crippen molar-refractivity contribution in [1.82, 2.24) is 5.32 Å². The van der Waals surface area contributed by atoms with Crippen molar-refractivity contribution in [3.63, 3.8) is 0 Å². The highest BCUT2D eigenvalue weighted by Crippen LogP contribution is 2.24. The lowest BCUT2D eigenvalue weighted by atomic mass is 9.94. The van der Waals surface area contributed by atoms with Gasteiger partial charge in [-0.2, -0.15) is 0 Å². The molecule has 4 heteroatoms. The van der Waals surface area contributed by atoms with Gasteiger partial charge in [-0.3, -0.25) is 4.79 Å². The van der Waals surface area contributed by atoms with Gasteiger partial charge in [0.2, 0.25) is 5.91 Å². The second-order valence-corrected chi connectivity index (χ2v) is 5.06. The van der Waals surface area contributed by atoms with Crippen molar-refractivity contribution in [2.75, 3.05) is 6.54 Å². The van der Waals surface area contributed by atoms with Gasteiger partial charge in [0.1, 0.15) is 0 Å². The molecular weight excluding hydrogens is 202 g/mol. The summed E-state index contributed by atoms with van der Waals surface area (Å²) in [6, 6.07) is 0.204. The molecule has 0 aliphatic heterocycles. The standard InChI is InChI=1S/C12H25N3O/c1-3-12(14,4-2)8-15-11(16)9-5-6-10(13)7-9/h9-10H,3-8,13-14H2,1-2H3,(H,15,16). The molecule has 5 N–H and O–H groups in total. The van der Waals surface area contributed by atoms with Gasteiger partial charge < -0.3 is 16.8 Å². The van der Waals surface area contributed by atoms with E-state index in [0.717, 1.165) is 32.1 Å². The summed E-state index contributed by atoms with van der Waals surface area (Å²) >= 11 is 0. The van der Waals surface area contributed by atoms with Crippen LogP contribution in [-0.4, -0.2) is 24.0 Å². The molecule has 1 saturated carbocycles. The molecule has 2 atom stereocenters. The molecule has 0 heterocycles. The topological polar surface area (TPSA) is 81.1 Å². The Hall–Kier alpha value is -0.610. The summed E-state index contributed by atoms with van der Waals surface area (Å²) in [5.74, 6) is 0.234. The third-order valence-corrected chi connectivity index (χ3v) is 3.87. The Morgan fingerprint density at radius 2 is 2.00 bits per heavy atom. The maximum Gasteiger partial charge on any atom is 0.223 e. The van der Waals surface area contributed by atoms with Crippen LogP contribution in [0.15, 0.2) is 0 Å². The van der Waals surface area contributed by atoms with E-state index < -0.39 is 0 Å². The van der Waals surface area contributed by atoms with Gasteiger partial charge in [-0.05, 0) is 32.1 Å². The zero-order chi connectivity index (χ0) is 12.2. The first kappa shape index (κ1) is 13.5. The van der Waals surface area contributed by atoms with E-state index in [1.165, 1.54) is 0 Å². The summed E-state index contributed by atoms with van der Waals surface area (Å²) < 4.78 is 0. The van der Waals surface area contributed by atoms with Crippen LogP contribution in [0.1, 0.15) is 46.0 Å². The van der Waals surface area contributed by atoms with E-state index in [1.807, 2.05) is 0 Å². The van der Waals surface area contributed by atoms with E-state index in [0.29, 0.717) is 6.54 Å². The number of amides is 1. The Kier molecular flexibility index (Phi) is 4.74. The van der Waals surface area contributed by atoms with Crippen molar-refractivity contribution >= 4 is 5.91 Å². The Bertz CT molecular complexity index is 238. The van der Waals surface area contributed by atoms with Crippen molar-refractivity contribution in [3.05, 3.63) is 0 Å². The normalized spacial score (nSPS) is 25.8. The van der Waals surface area contributed by atoms with E-state index in [-0.39, 0.29) is 23.4 Å². The lowest BCUT2D eigenvalue weighted by Crippen LogP contribution is -2.50. The summed E-state index contributed by atoms with van der Waals surface area (Å²) in [7, 11) is 0. The molecule has 0 spiro atoms. The SMILES string of the molecule is CCC(N)(CC)CNC(=O)C1CCC(N)C1.